The Morgan fingerprint density at radius 1 is 0.816 bits per heavy atom. The number of nitrogens with zero attached hydrogens (tertiary/aromatic N) is 4. The Bertz CT molecular complexity index is 1380. The monoisotopic (exact) mass is 552 g/mol. The van der Waals surface area contributed by atoms with Gasteiger partial charge in [0.1, 0.15) is 0 Å². The Balaban J connectivity index is 1.16. The van der Waals surface area contributed by atoms with Crippen LogP contribution in [0.15, 0.2) is 77.7 Å². The number of halogens is 1. The van der Waals surface area contributed by atoms with Crippen LogP contribution in [0.2, 0.25) is 5.02 Å². The van der Waals surface area contributed by atoms with E-state index in [4.69, 9.17) is 11.6 Å². The van der Waals surface area contributed by atoms with Gasteiger partial charge in [-0.25, -0.2) is 8.42 Å². The van der Waals surface area contributed by atoms with Crippen LogP contribution in [0.3, 0.4) is 0 Å². The molecule has 200 valence electrons. The van der Waals surface area contributed by atoms with Gasteiger partial charge in [0.2, 0.25) is 10.0 Å². The highest BCUT2D eigenvalue weighted by atomic mass is 35.5. The molecule has 0 saturated carbocycles. The first-order chi connectivity index (χ1) is 18.3. The zero-order chi connectivity index (χ0) is 26.7. The number of hydrogen-bond acceptors (Lipinski definition) is 5. The quantitative estimate of drug-likeness (QED) is 0.460. The van der Waals surface area contributed by atoms with Crippen molar-refractivity contribution in [3.63, 3.8) is 0 Å². The van der Waals surface area contributed by atoms with Crippen molar-refractivity contribution < 1.29 is 13.2 Å². The first kappa shape index (κ1) is 26.7. The van der Waals surface area contributed by atoms with Gasteiger partial charge in [-0.05, 0) is 54.4 Å². The van der Waals surface area contributed by atoms with E-state index < -0.39 is 10.0 Å². The van der Waals surface area contributed by atoms with Crippen LogP contribution in [0.1, 0.15) is 21.5 Å². The molecule has 0 unspecified atom stereocenters. The van der Waals surface area contributed by atoms with Crippen molar-refractivity contribution in [3.8, 4) is 0 Å². The smallest absolute Gasteiger partial charge is 0.253 e. The molecule has 7 nitrogen and oxygen atoms in total. The fourth-order valence-corrected chi connectivity index (χ4v) is 6.80. The Hall–Kier alpha value is -2.91. The minimum absolute atomic E-state index is 0.0492. The fourth-order valence-electron chi connectivity index (χ4n) is 5.19. The van der Waals surface area contributed by atoms with Gasteiger partial charge in [0.25, 0.3) is 5.91 Å². The van der Waals surface area contributed by atoms with E-state index in [9.17, 15) is 13.2 Å². The second-order valence-electron chi connectivity index (χ2n) is 9.90. The molecule has 2 aliphatic heterocycles. The van der Waals surface area contributed by atoms with E-state index in [-0.39, 0.29) is 5.91 Å². The summed E-state index contributed by atoms with van der Waals surface area (Å²) in [6.45, 7) is 7.81. The summed E-state index contributed by atoms with van der Waals surface area (Å²) in [6.07, 6.45) is 0. The van der Waals surface area contributed by atoms with Crippen LogP contribution in [-0.2, 0) is 16.6 Å². The average molecular weight is 553 g/mol. The van der Waals surface area contributed by atoms with Gasteiger partial charge >= 0.3 is 0 Å². The molecule has 1 amide bonds. The highest BCUT2D eigenvalue weighted by Crippen LogP contribution is 2.26. The third-order valence-electron chi connectivity index (χ3n) is 7.37. The Labute approximate surface area is 230 Å². The zero-order valence-electron chi connectivity index (χ0n) is 21.6. The summed E-state index contributed by atoms with van der Waals surface area (Å²) in [4.78, 5) is 20.1. The summed E-state index contributed by atoms with van der Waals surface area (Å²) in [5, 5.41) is 0.722. The first-order valence-electron chi connectivity index (χ1n) is 13.0. The van der Waals surface area contributed by atoms with E-state index in [0.717, 1.165) is 29.4 Å². The van der Waals surface area contributed by atoms with Gasteiger partial charge in [0.05, 0.1) is 4.90 Å². The van der Waals surface area contributed by atoms with E-state index in [1.54, 1.807) is 28.6 Å². The predicted molar refractivity (Wildman–Crippen MR) is 151 cm³/mol. The molecule has 0 bridgehead atoms. The van der Waals surface area contributed by atoms with Crippen molar-refractivity contribution in [2.24, 2.45) is 0 Å². The molecule has 2 fully saturated rings. The van der Waals surface area contributed by atoms with Crippen LogP contribution >= 0.6 is 11.6 Å². The van der Waals surface area contributed by atoms with Gasteiger partial charge in [-0.15, -0.1) is 0 Å². The minimum Gasteiger partial charge on any atom is -0.368 e. The molecule has 0 radical (unpaired) electrons. The maximum absolute atomic E-state index is 13.3. The van der Waals surface area contributed by atoms with Crippen LogP contribution in [0.4, 0.5) is 5.69 Å². The number of benzene rings is 3. The topological polar surface area (TPSA) is 64.2 Å². The van der Waals surface area contributed by atoms with Crippen molar-refractivity contribution >= 4 is 33.2 Å². The number of piperazine rings is 2. The third kappa shape index (κ3) is 5.89. The molecule has 0 N–H and O–H groups in total. The van der Waals surface area contributed by atoms with E-state index >= 15 is 0 Å². The molecule has 2 heterocycles. The first-order valence-corrected chi connectivity index (χ1v) is 14.8. The second kappa shape index (κ2) is 11.5. The molecule has 5 rings (SSSR count). The summed E-state index contributed by atoms with van der Waals surface area (Å²) in [7, 11) is -3.47. The maximum Gasteiger partial charge on any atom is 0.253 e. The van der Waals surface area contributed by atoms with Gasteiger partial charge in [-0.3, -0.25) is 9.69 Å². The molecule has 3 aromatic rings. The largest absolute Gasteiger partial charge is 0.368 e. The standard InChI is InChI=1S/C29H33ClN4O3S/c1-23-10-11-26(30)21-28(23)32-14-16-33(17-15-32)29(35)25-7-5-6-24(20-25)22-31-12-18-34(19-13-31)38(36,37)27-8-3-2-4-9-27/h2-11,20-21H,12-19,22H2,1H3. The zero-order valence-corrected chi connectivity index (χ0v) is 23.2. The minimum atomic E-state index is -3.47. The molecule has 38 heavy (non-hydrogen) atoms. The normalized spacial score (nSPS) is 17.5. The number of carbonyl (C=O) groups is 1. The van der Waals surface area contributed by atoms with E-state index in [2.05, 4.69) is 16.7 Å². The number of aryl methyl sites for hydroxylation is 1. The van der Waals surface area contributed by atoms with Gasteiger partial charge in [-0.2, -0.15) is 4.31 Å². The number of amides is 1. The lowest BCUT2D eigenvalue weighted by Gasteiger charge is -2.37. The van der Waals surface area contributed by atoms with Gasteiger partial charge in [0, 0.05) is 75.2 Å². The molecule has 2 aliphatic rings. The lowest BCUT2D eigenvalue weighted by Crippen LogP contribution is -2.49. The van der Waals surface area contributed by atoms with Crippen LogP contribution in [0.25, 0.3) is 0 Å². The van der Waals surface area contributed by atoms with Gasteiger partial charge in [0.15, 0.2) is 0 Å². The fraction of sp³-hybridized carbons (Fsp3) is 0.345. The summed E-state index contributed by atoms with van der Waals surface area (Å²) in [5.74, 6) is 0.0492. The number of rotatable bonds is 6. The Morgan fingerprint density at radius 2 is 1.53 bits per heavy atom. The molecule has 0 atom stereocenters. The second-order valence-corrected chi connectivity index (χ2v) is 12.3. The molecule has 3 aromatic carbocycles. The maximum atomic E-state index is 13.3. The average Bonchev–Trinajstić information content (AvgIpc) is 2.95. The highest BCUT2D eigenvalue weighted by Gasteiger charge is 2.28. The molecule has 0 aromatic heterocycles. The van der Waals surface area contributed by atoms with E-state index in [1.165, 1.54) is 5.56 Å². The number of anilines is 1. The van der Waals surface area contributed by atoms with Crippen LogP contribution in [0, 0.1) is 6.92 Å². The van der Waals surface area contributed by atoms with Gasteiger partial charge in [-0.1, -0.05) is 48.0 Å². The summed E-state index contributed by atoms with van der Waals surface area (Å²) in [5.41, 5.74) is 4.06. The predicted octanol–water partition coefficient (Wildman–Crippen LogP) is 4.12. The van der Waals surface area contributed by atoms with Gasteiger partial charge < -0.3 is 9.80 Å². The number of carbonyl (C=O) groups excluding carboxylic acids is 1. The molecule has 2 saturated heterocycles. The molecule has 0 spiro atoms. The van der Waals surface area contributed by atoms with E-state index in [0.29, 0.717) is 56.3 Å². The molecule has 0 aliphatic carbocycles. The number of sulfonamides is 1. The van der Waals surface area contributed by atoms with Crippen molar-refractivity contribution in [2.75, 3.05) is 57.3 Å². The lowest BCUT2D eigenvalue weighted by atomic mass is 10.1. The number of hydrogen-bond donors (Lipinski definition) is 0. The van der Waals surface area contributed by atoms with Crippen molar-refractivity contribution in [3.05, 3.63) is 94.5 Å². The molecular weight excluding hydrogens is 520 g/mol. The van der Waals surface area contributed by atoms with Crippen LogP contribution < -0.4 is 4.90 Å². The van der Waals surface area contributed by atoms with Crippen molar-refractivity contribution in [1.29, 1.82) is 0 Å². The van der Waals surface area contributed by atoms with Crippen LogP contribution in [-0.4, -0.2) is 80.8 Å². The summed E-state index contributed by atoms with van der Waals surface area (Å²) in [6, 6.07) is 22.3. The van der Waals surface area contributed by atoms with E-state index in [1.807, 2.05) is 53.4 Å². The lowest BCUT2D eigenvalue weighted by molar-refractivity contribution is 0.0746. The Kier molecular flexibility index (Phi) is 8.04. The SMILES string of the molecule is Cc1ccc(Cl)cc1N1CCN(C(=O)c2cccc(CN3CCN(S(=O)(=O)c4ccccc4)CC3)c2)CC1. The summed E-state index contributed by atoms with van der Waals surface area (Å²) < 4.78 is 27.4. The molecular formula is C29H33ClN4O3S. The Morgan fingerprint density at radius 3 is 2.24 bits per heavy atom. The molecule has 9 heteroatoms. The third-order valence-corrected chi connectivity index (χ3v) is 9.52. The van der Waals surface area contributed by atoms with Crippen molar-refractivity contribution in [2.45, 2.75) is 18.4 Å². The highest BCUT2D eigenvalue weighted by molar-refractivity contribution is 7.89. The van der Waals surface area contributed by atoms with Crippen molar-refractivity contribution in [1.82, 2.24) is 14.1 Å². The van der Waals surface area contributed by atoms with Crippen LogP contribution in [0.5, 0.6) is 0 Å². The summed E-state index contributed by atoms with van der Waals surface area (Å²) >= 11 is 6.21.